The van der Waals surface area contributed by atoms with Gasteiger partial charge in [-0.1, -0.05) is 116 Å². The molecule has 0 aliphatic carbocycles. The van der Waals surface area contributed by atoms with Gasteiger partial charge in [-0.25, -0.2) is 4.79 Å². The van der Waals surface area contributed by atoms with E-state index in [0.29, 0.717) is 12.4 Å². The summed E-state index contributed by atoms with van der Waals surface area (Å²) in [4.78, 5) is 11.2. The van der Waals surface area contributed by atoms with E-state index in [1.54, 1.807) is 12.1 Å². The summed E-state index contributed by atoms with van der Waals surface area (Å²) in [5.41, 5.74) is 0. The van der Waals surface area contributed by atoms with Gasteiger partial charge in [0.2, 0.25) is 0 Å². The van der Waals surface area contributed by atoms with Crippen LogP contribution in [0.1, 0.15) is 110 Å². The summed E-state index contributed by atoms with van der Waals surface area (Å²) in [6, 6.07) is 7.20. The molecule has 0 spiro atoms. The first kappa shape index (κ1) is 26.3. The molecule has 3 heteroatoms. The van der Waals surface area contributed by atoms with Crippen molar-refractivity contribution in [1.82, 2.24) is 0 Å². The second-order valence-corrected chi connectivity index (χ2v) is 8.25. The average Bonchev–Trinajstić information content (AvgIpc) is 2.76. The van der Waals surface area contributed by atoms with Crippen molar-refractivity contribution in [2.75, 3.05) is 6.61 Å². The molecule has 0 aliphatic rings. The molecule has 1 aromatic rings. The van der Waals surface area contributed by atoms with Gasteiger partial charge in [0.25, 0.3) is 0 Å². The van der Waals surface area contributed by atoms with E-state index >= 15 is 0 Å². The second-order valence-electron chi connectivity index (χ2n) is 8.25. The molecule has 0 saturated heterocycles. The van der Waals surface area contributed by atoms with E-state index in [9.17, 15) is 4.79 Å². The Kier molecular flexibility index (Phi) is 16.8. The van der Waals surface area contributed by atoms with Gasteiger partial charge in [-0.3, -0.25) is 0 Å². The highest BCUT2D eigenvalue weighted by atomic mass is 16.5. The van der Waals surface area contributed by atoms with Gasteiger partial charge < -0.3 is 9.47 Å². The van der Waals surface area contributed by atoms with Crippen molar-refractivity contribution in [2.24, 2.45) is 0 Å². The van der Waals surface area contributed by atoms with Crippen molar-refractivity contribution >= 4 is 5.97 Å². The summed E-state index contributed by atoms with van der Waals surface area (Å²) in [5.74, 6) is 0.777. The summed E-state index contributed by atoms with van der Waals surface area (Å²) < 4.78 is 10.9. The predicted octanol–water partition coefficient (Wildman–Crippen LogP) is 8.42. The lowest BCUT2D eigenvalue weighted by atomic mass is 10.0. The fourth-order valence-corrected chi connectivity index (χ4v) is 3.63. The molecule has 170 valence electrons. The molecule has 0 unspecified atom stereocenters. The lowest BCUT2D eigenvalue weighted by Gasteiger charge is -2.08. The summed E-state index contributed by atoms with van der Waals surface area (Å²) >= 11 is 0. The molecule has 0 aliphatic heterocycles. The molecular weight excluding hydrogens is 372 g/mol. The van der Waals surface area contributed by atoms with Crippen LogP contribution in [0.5, 0.6) is 11.5 Å². The Bertz CT molecular complexity index is 553. The highest BCUT2D eigenvalue weighted by Crippen LogP contribution is 2.20. The van der Waals surface area contributed by atoms with Crippen molar-refractivity contribution in [3.05, 3.63) is 36.9 Å². The minimum Gasteiger partial charge on any atom is -0.493 e. The van der Waals surface area contributed by atoms with E-state index in [4.69, 9.17) is 9.47 Å². The Balaban J connectivity index is 1.86. The van der Waals surface area contributed by atoms with Crippen molar-refractivity contribution in [3.63, 3.8) is 0 Å². The molecular formula is C27H44O3. The van der Waals surface area contributed by atoms with Crippen molar-refractivity contribution < 1.29 is 14.3 Å². The molecule has 0 aromatic heterocycles. The zero-order valence-electron chi connectivity index (χ0n) is 19.3. The number of carbonyl (C=O) groups is 1. The van der Waals surface area contributed by atoms with Gasteiger partial charge in [-0.15, -0.1) is 0 Å². The molecule has 0 radical (unpaired) electrons. The van der Waals surface area contributed by atoms with Crippen molar-refractivity contribution in [1.29, 1.82) is 0 Å². The third kappa shape index (κ3) is 15.1. The Hall–Kier alpha value is -1.77. The minimum absolute atomic E-state index is 0.454. The zero-order chi connectivity index (χ0) is 21.7. The maximum atomic E-state index is 11.2. The third-order valence-corrected chi connectivity index (χ3v) is 5.46. The van der Waals surface area contributed by atoms with Crippen LogP contribution in [0.15, 0.2) is 36.9 Å². The van der Waals surface area contributed by atoms with Crippen LogP contribution < -0.4 is 9.47 Å². The van der Waals surface area contributed by atoms with Crippen LogP contribution in [0.25, 0.3) is 0 Å². The molecule has 0 heterocycles. The molecule has 0 saturated carbocycles. The molecule has 1 rings (SSSR count). The molecule has 3 nitrogen and oxygen atoms in total. The van der Waals surface area contributed by atoms with E-state index in [1.807, 2.05) is 12.1 Å². The summed E-state index contributed by atoms with van der Waals surface area (Å²) in [6.07, 6.45) is 23.0. The Morgan fingerprint density at radius 1 is 0.767 bits per heavy atom. The number of esters is 1. The van der Waals surface area contributed by atoms with Crippen LogP contribution in [0, 0.1) is 0 Å². The van der Waals surface area contributed by atoms with E-state index in [1.165, 1.54) is 96.3 Å². The number of hydrogen-bond acceptors (Lipinski definition) is 3. The number of carbonyl (C=O) groups excluding carboxylic acids is 1. The maximum absolute atomic E-state index is 11.2. The molecule has 0 bridgehead atoms. The zero-order valence-corrected chi connectivity index (χ0v) is 19.3. The number of rotatable bonds is 20. The Labute approximate surface area is 185 Å². The number of hydrogen-bond donors (Lipinski definition) is 0. The second kappa shape index (κ2) is 19.2. The third-order valence-electron chi connectivity index (χ3n) is 5.46. The standard InChI is InChI=1S/C27H44O3/c1-3-5-6-7-8-9-10-11-12-13-14-15-16-17-18-19-23-29-25-21-20-22-26(24-25)30-27(28)4-2/h4,20-22,24H,2-3,5-19,23H2,1H3. The summed E-state index contributed by atoms with van der Waals surface area (Å²) in [5, 5.41) is 0. The summed E-state index contributed by atoms with van der Waals surface area (Å²) in [7, 11) is 0. The van der Waals surface area contributed by atoms with Gasteiger partial charge in [0.05, 0.1) is 6.61 Å². The molecule has 0 amide bonds. The molecule has 0 N–H and O–H groups in total. The average molecular weight is 417 g/mol. The van der Waals surface area contributed by atoms with Crippen molar-refractivity contribution in [2.45, 2.75) is 110 Å². The van der Waals surface area contributed by atoms with Gasteiger partial charge in [0.1, 0.15) is 11.5 Å². The number of unbranched alkanes of at least 4 members (excludes halogenated alkanes) is 15. The first-order valence-corrected chi connectivity index (χ1v) is 12.3. The maximum Gasteiger partial charge on any atom is 0.335 e. The van der Waals surface area contributed by atoms with E-state index < -0.39 is 5.97 Å². The normalized spacial score (nSPS) is 10.7. The topological polar surface area (TPSA) is 35.5 Å². The SMILES string of the molecule is C=CC(=O)Oc1cccc(OCCCCCCCCCCCCCCCCCC)c1. The Morgan fingerprint density at radius 3 is 1.73 bits per heavy atom. The van der Waals surface area contributed by atoms with Crippen LogP contribution in [-0.4, -0.2) is 12.6 Å². The number of ether oxygens (including phenoxy) is 2. The van der Waals surface area contributed by atoms with E-state index in [2.05, 4.69) is 13.5 Å². The fourth-order valence-electron chi connectivity index (χ4n) is 3.63. The van der Waals surface area contributed by atoms with Crippen LogP contribution in [0.3, 0.4) is 0 Å². The monoisotopic (exact) mass is 416 g/mol. The van der Waals surface area contributed by atoms with Gasteiger partial charge in [0, 0.05) is 12.1 Å². The Morgan fingerprint density at radius 2 is 1.23 bits per heavy atom. The molecule has 30 heavy (non-hydrogen) atoms. The van der Waals surface area contributed by atoms with E-state index in [-0.39, 0.29) is 0 Å². The van der Waals surface area contributed by atoms with Crippen molar-refractivity contribution in [3.8, 4) is 11.5 Å². The summed E-state index contributed by atoms with van der Waals surface area (Å²) in [6.45, 7) is 6.39. The smallest absolute Gasteiger partial charge is 0.335 e. The lowest BCUT2D eigenvalue weighted by Crippen LogP contribution is -2.03. The molecule has 1 aromatic carbocycles. The molecule has 0 fully saturated rings. The minimum atomic E-state index is -0.454. The van der Waals surface area contributed by atoms with Crippen LogP contribution in [0.4, 0.5) is 0 Å². The van der Waals surface area contributed by atoms with Crippen LogP contribution in [-0.2, 0) is 4.79 Å². The van der Waals surface area contributed by atoms with Gasteiger partial charge in [-0.05, 0) is 18.6 Å². The van der Waals surface area contributed by atoms with Gasteiger partial charge in [0.15, 0.2) is 0 Å². The van der Waals surface area contributed by atoms with Crippen LogP contribution >= 0.6 is 0 Å². The number of benzene rings is 1. The largest absolute Gasteiger partial charge is 0.493 e. The first-order valence-electron chi connectivity index (χ1n) is 12.3. The van der Waals surface area contributed by atoms with Crippen LogP contribution in [0.2, 0.25) is 0 Å². The van der Waals surface area contributed by atoms with Gasteiger partial charge >= 0.3 is 5.97 Å². The van der Waals surface area contributed by atoms with Gasteiger partial charge in [-0.2, -0.15) is 0 Å². The quantitative estimate of drug-likeness (QED) is 0.0926. The predicted molar refractivity (Wildman–Crippen MR) is 127 cm³/mol. The molecule has 0 atom stereocenters. The fraction of sp³-hybridized carbons (Fsp3) is 0.667. The van der Waals surface area contributed by atoms with E-state index in [0.717, 1.165) is 18.2 Å². The first-order chi connectivity index (χ1) is 14.8. The lowest BCUT2D eigenvalue weighted by molar-refractivity contribution is -0.128. The highest BCUT2D eigenvalue weighted by Gasteiger charge is 2.02. The highest BCUT2D eigenvalue weighted by molar-refractivity contribution is 5.83.